The molecule has 0 aliphatic heterocycles. The zero-order valence-corrected chi connectivity index (χ0v) is 10.9. The van der Waals surface area contributed by atoms with Crippen molar-refractivity contribution >= 4 is 5.91 Å². The molecule has 2 N–H and O–H groups in total. The Kier molecular flexibility index (Phi) is 3.18. The molecule has 3 atom stereocenters. The molecule has 2 fully saturated rings. The van der Waals surface area contributed by atoms with Gasteiger partial charge in [0.25, 0.3) is 0 Å². The highest BCUT2D eigenvalue weighted by molar-refractivity contribution is 5.79. The molecule has 0 aromatic carbocycles. The normalized spacial score (nSPS) is 39.2. The van der Waals surface area contributed by atoms with Gasteiger partial charge in [0, 0.05) is 12.5 Å². The Morgan fingerprint density at radius 2 is 1.78 bits per heavy atom. The van der Waals surface area contributed by atoms with E-state index in [0.717, 1.165) is 38.5 Å². The minimum absolute atomic E-state index is 0.106. The maximum atomic E-state index is 12.0. The highest BCUT2D eigenvalue weighted by atomic mass is 16.3. The molecule has 18 heavy (non-hydrogen) atoms. The van der Waals surface area contributed by atoms with Crippen LogP contribution >= 0.6 is 0 Å². The molecule has 0 aromatic heterocycles. The summed E-state index contributed by atoms with van der Waals surface area (Å²) in [4.78, 5) is 12.0. The predicted molar refractivity (Wildman–Crippen MR) is 69.9 cm³/mol. The van der Waals surface area contributed by atoms with E-state index >= 15 is 0 Å². The SMILES string of the molecule is O=C(NCC1(O)C2CCC[C@@H]1CC2)C1CC=CC1. The maximum absolute atomic E-state index is 12.0. The first-order valence-corrected chi connectivity index (χ1v) is 7.35. The lowest BCUT2D eigenvalue weighted by Gasteiger charge is -2.39. The van der Waals surface area contributed by atoms with Crippen LogP contribution in [0.4, 0.5) is 0 Å². The molecule has 3 heteroatoms. The van der Waals surface area contributed by atoms with E-state index < -0.39 is 5.60 Å². The van der Waals surface area contributed by atoms with Gasteiger partial charge >= 0.3 is 0 Å². The van der Waals surface area contributed by atoms with Crippen molar-refractivity contribution in [1.82, 2.24) is 5.32 Å². The summed E-state index contributed by atoms with van der Waals surface area (Å²) in [5, 5.41) is 13.8. The number of nitrogens with one attached hydrogen (secondary N) is 1. The molecule has 3 aliphatic carbocycles. The average Bonchev–Trinajstić information content (AvgIpc) is 2.91. The first-order valence-electron chi connectivity index (χ1n) is 7.35. The first kappa shape index (κ1) is 12.2. The van der Waals surface area contributed by atoms with E-state index in [0.29, 0.717) is 18.4 Å². The number of hydrogen-bond acceptors (Lipinski definition) is 2. The molecule has 0 heterocycles. The predicted octanol–water partition coefficient (Wildman–Crippen LogP) is 2.01. The Hall–Kier alpha value is -0.830. The second kappa shape index (κ2) is 4.69. The lowest BCUT2D eigenvalue weighted by molar-refractivity contribution is -0.127. The lowest BCUT2D eigenvalue weighted by Crippen LogP contribution is -2.52. The van der Waals surface area contributed by atoms with Crippen molar-refractivity contribution in [3.63, 3.8) is 0 Å². The third kappa shape index (κ3) is 1.99. The lowest BCUT2D eigenvalue weighted by atomic mass is 9.74. The van der Waals surface area contributed by atoms with Gasteiger partial charge in [-0.25, -0.2) is 0 Å². The zero-order valence-electron chi connectivity index (χ0n) is 10.9. The topological polar surface area (TPSA) is 49.3 Å². The second-order valence-corrected chi connectivity index (χ2v) is 6.25. The van der Waals surface area contributed by atoms with Crippen LogP contribution in [0.15, 0.2) is 12.2 Å². The van der Waals surface area contributed by atoms with Gasteiger partial charge in [-0.2, -0.15) is 0 Å². The van der Waals surface area contributed by atoms with Gasteiger partial charge in [-0.05, 0) is 50.4 Å². The quantitative estimate of drug-likeness (QED) is 0.752. The summed E-state index contributed by atoms with van der Waals surface area (Å²) in [6.07, 6.45) is 11.7. The number of fused-ring (bicyclic) bond motifs is 2. The van der Waals surface area contributed by atoms with Crippen molar-refractivity contribution < 1.29 is 9.90 Å². The first-order chi connectivity index (χ1) is 8.70. The number of aliphatic hydroxyl groups is 1. The van der Waals surface area contributed by atoms with Gasteiger partial charge in [-0.15, -0.1) is 0 Å². The van der Waals surface area contributed by atoms with Crippen molar-refractivity contribution in [2.24, 2.45) is 17.8 Å². The standard InChI is InChI=1S/C15H23NO2/c17-14(11-4-1-2-5-11)16-10-15(18)12-6-3-7-13(15)9-8-12/h1-2,11-13,18H,3-10H2,(H,16,17)/t12-,13?,15?/m1/s1. The van der Waals surface area contributed by atoms with Crippen molar-refractivity contribution in [2.45, 2.75) is 50.5 Å². The van der Waals surface area contributed by atoms with Crippen LogP contribution in [-0.2, 0) is 4.79 Å². The third-order valence-corrected chi connectivity index (χ3v) is 5.31. The van der Waals surface area contributed by atoms with E-state index in [1.165, 1.54) is 6.42 Å². The Morgan fingerprint density at radius 1 is 1.17 bits per heavy atom. The Morgan fingerprint density at radius 3 is 2.39 bits per heavy atom. The minimum atomic E-state index is -0.611. The summed E-state index contributed by atoms with van der Waals surface area (Å²) in [6.45, 7) is 0.470. The maximum Gasteiger partial charge on any atom is 0.223 e. The largest absolute Gasteiger partial charge is 0.387 e. The van der Waals surface area contributed by atoms with Crippen LogP contribution in [0.25, 0.3) is 0 Å². The van der Waals surface area contributed by atoms with Crippen LogP contribution in [0, 0.1) is 17.8 Å². The molecule has 2 saturated carbocycles. The smallest absolute Gasteiger partial charge is 0.223 e. The van der Waals surface area contributed by atoms with Crippen LogP contribution in [-0.4, -0.2) is 23.2 Å². The van der Waals surface area contributed by atoms with Crippen LogP contribution < -0.4 is 5.32 Å². The molecule has 2 unspecified atom stereocenters. The number of allylic oxidation sites excluding steroid dienone is 2. The van der Waals surface area contributed by atoms with E-state index in [2.05, 4.69) is 17.5 Å². The molecule has 0 spiro atoms. The van der Waals surface area contributed by atoms with Gasteiger partial charge in [0.15, 0.2) is 0 Å². The van der Waals surface area contributed by atoms with Crippen molar-refractivity contribution in [1.29, 1.82) is 0 Å². The summed E-state index contributed by atoms with van der Waals surface area (Å²) in [7, 11) is 0. The number of rotatable bonds is 3. The molecule has 3 rings (SSSR count). The van der Waals surface area contributed by atoms with E-state index in [9.17, 15) is 9.90 Å². The molecule has 0 saturated heterocycles. The molecular weight excluding hydrogens is 226 g/mol. The van der Waals surface area contributed by atoms with Crippen LogP contribution in [0.5, 0.6) is 0 Å². The van der Waals surface area contributed by atoms with Crippen LogP contribution in [0.1, 0.15) is 44.9 Å². The van der Waals surface area contributed by atoms with Gasteiger partial charge in [-0.1, -0.05) is 18.6 Å². The van der Waals surface area contributed by atoms with E-state index in [-0.39, 0.29) is 11.8 Å². The summed E-state index contributed by atoms with van der Waals surface area (Å²) in [5.41, 5.74) is -0.611. The number of carbonyl (C=O) groups excluding carboxylic acids is 1. The third-order valence-electron chi connectivity index (χ3n) is 5.31. The second-order valence-electron chi connectivity index (χ2n) is 6.25. The summed E-state index contributed by atoms with van der Waals surface area (Å²) >= 11 is 0. The molecule has 0 aromatic rings. The molecule has 3 nitrogen and oxygen atoms in total. The van der Waals surface area contributed by atoms with E-state index in [1.807, 2.05) is 0 Å². The molecule has 2 bridgehead atoms. The van der Waals surface area contributed by atoms with Crippen LogP contribution in [0.2, 0.25) is 0 Å². The van der Waals surface area contributed by atoms with E-state index in [1.54, 1.807) is 0 Å². The molecule has 0 radical (unpaired) electrons. The zero-order chi connectivity index (χ0) is 12.6. The fraction of sp³-hybridized carbons (Fsp3) is 0.800. The monoisotopic (exact) mass is 249 g/mol. The fourth-order valence-corrected chi connectivity index (χ4v) is 4.13. The average molecular weight is 249 g/mol. The van der Waals surface area contributed by atoms with Gasteiger partial charge in [0.1, 0.15) is 0 Å². The Bertz CT molecular complexity index is 340. The van der Waals surface area contributed by atoms with Crippen molar-refractivity contribution in [3.05, 3.63) is 12.2 Å². The summed E-state index contributed by atoms with van der Waals surface area (Å²) < 4.78 is 0. The molecule has 100 valence electrons. The summed E-state index contributed by atoms with van der Waals surface area (Å²) in [5.74, 6) is 1.06. The highest BCUT2D eigenvalue weighted by Crippen LogP contribution is 2.49. The number of hydrogen-bond donors (Lipinski definition) is 2. The molecular formula is C15H23NO2. The van der Waals surface area contributed by atoms with E-state index in [4.69, 9.17) is 0 Å². The fourth-order valence-electron chi connectivity index (χ4n) is 4.13. The molecule has 3 aliphatic rings. The number of carbonyl (C=O) groups is 1. The Balaban J connectivity index is 1.57. The molecule has 1 amide bonds. The Labute approximate surface area is 109 Å². The number of amides is 1. The van der Waals surface area contributed by atoms with Gasteiger partial charge in [-0.3, -0.25) is 4.79 Å². The van der Waals surface area contributed by atoms with Gasteiger partial charge in [0.2, 0.25) is 5.91 Å². The highest BCUT2D eigenvalue weighted by Gasteiger charge is 2.50. The van der Waals surface area contributed by atoms with Crippen LogP contribution in [0.3, 0.4) is 0 Å². The van der Waals surface area contributed by atoms with Crippen molar-refractivity contribution in [3.8, 4) is 0 Å². The van der Waals surface area contributed by atoms with Crippen molar-refractivity contribution in [2.75, 3.05) is 6.54 Å². The minimum Gasteiger partial charge on any atom is -0.387 e. The van der Waals surface area contributed by atoms with Gasteiger partial charge in [0.05, 0.1) is 5.60 Å². The summed E-state index contributed by atoms with van der Waals surface area (Å²) in [6, 6.07) is 0. The van der Waals surface area contributed by atoms with Gasteiger partial charge < -0.3 is 10.4 Å².